The molecule has 1 heterocycles. The van der Waals surface area contributed by atoms with Crippen molar-refractivity contribution < 1.29 is 0 Å². The molecule has 0 aliphatic rings. The summed E-state index contributed by atoms with van der Waals surface area (Å²) in [5, 5.41) is 3.09. The van der Waals surface area contributed by atoms with E-state index in [0.717, 1.165) is 5.82 Å². The van der Waals surface area contributed by atoms with Crippen LogP contribution in [0.2, 0.25) is 0 Å². The van der Waals surface area contributed by atoms with Gasteiger partial charge in [0.05, 0.1) is 0 Å². The monoisotopic (exact) mass is 171 g/mol. The van der Waals surface area contributed by atoms with Gasteiger partial charge in [0.15, 0.2) is 0 Å². The van der Waals surface area contributed by atoms with E-state index in [1.807, 2.05) is 7.05 Å². The second kappa shape index (κ2) is 2.44. The van der Waals surface area contributed by atoms with Gasteiger partial charge in [-0.05, 0) is 12.2 Å². The first-order valence-corrected chi connectivity index (χ1v) is 3.95. The number of H-pyrrole nitrogens is 1. The van der Waals surface area contributed by atoms with Crippen molar-refractivity contribution in [2.24, 2.45) is 7.05 Å². The summed E-state index contributed by atoms with van der Waals surface area (Å²) in [6.07, 6.45) is 0. The molecule has 1 aromatic rings. The fourth-order valence-electron chi connectivity index (χ4n) is 0.738. The van der Waals surface area contributed by atoms with E-state index in [4.69, 9.17) is 12.2 Å². The summed E-state index contributed by atoms with van der Waals surface area (Å²) in [7, 11) is 1.87. The highest BCUT2D eigenvalue weighted by molar-refractivity contribution is 7.71. The molecule has 11 heavy (non-hydrogen) atoms. The van der Waals surface area contributed by atoms with E-state index in [1.165, 1.54) is 0 Å². The molecule has 0 saturated heterocycles. The molecule has 62 valence electrons. The van der Waals surface area contributed by atoms with Gasteiger partial charge in [-0.1, -0.05) is 20.8 Å². The number of aromatic nitrogens is 3. The maximum atomic E-state index is 4.96. The fourth-order valence-corrected chi connectivity index (χ4v) is 0.875. The van der Waals surface area contributed by atoms with E-state index in [-0.39, 0.29) is 5.41 Å². The highest BCUT2D eigenvalue weighted by atomic mass is 32.1. The largest absolute Gasteiger partial charge is 0.283 e. The molecule has 3 nitrogen and oxygen atoms in total. The molecule has 0 fully saturated rings. The Kier molecular flexibility index (Phi) is 1.88. The summed E-state index contributed by atoms with van der Waals surface area (Å²) in [6, 6.07) is 0. The van der Waals surface area contributed by atoms with Crippen LogP contribution in [-0.4, -0.2) is 14.8 Å². The number of nitrogens with zero attached hydrogens (tertiary/aromatic N) is 2. The van der Waals surface area contributed by atoms with Gasteiger partial charge in [0.1, 0.15) is 5.82 Å². The standard InChI is InChI=1S/C7H13N3S/c1-7(2,3)5-8-6(11)10(4)9-5/h1-4H3,(H,8,9,11). The fraction of sp³-hybridized carbons (Fsp3) is 0.714. The van der Waals surface area contributed by atoms with E-state index in [9.17, 15) is 0 Å². The van der Waals surface area contributed by atoms with E-state index in [2.05, 4.69) is 30.9 Å². The van der Waals surface area contributed by atoms with Crippen LogP contribution < -0.4 is 0 Å². The van der Waals surface area contributed by atoms with Crippen LogP contribution in [0.4, 0.5) is 0 Å². The lowest BCUT2D eigenvalue weighted by atomic mass is 9.96. The lowest BCUT2D eigenvalue weighted by Gasteiger charge is -2.13. The molecular weight excluding hydrogens is 158 g/mol. The van der Waals surface area contributed by atoms with Crippen molar-refractivity contribution in [2.75, 3.05) is 0 Å². The van der Waals surface area contributed by atoms with Crippen LogP contribution in [0.15, 0.2) is 0 Å². The van der Waals surface area contributed by atoms with Gasteiger partial charge in [-0.15, -0.1) is 0 Å². The second-order valence-electron chi connectivity index (χ2n) is 3.66. The number of hydrogen-bond acceptors (Lipinski definition) is 2. The Balaban J connectivity index is 3.18. The minimum Gasteiger partial charge on any atom is -0.283 e. The molecule has 1 rings (SSSR count). The summed E-state index contributed by atoms with van der Waals surface area (Å²) in [5.41, 5.74) is 0.0504. The molecule has 0 amide bonds. The van der Waals surface area contributed by atoms with Crippen molar-refractivity contribution in [3.05, 3.63) is 10.6 Å². The van der Waals surface area contributed by atoms with Gasteiger partial charge in [-0.3, -0.25) is 9.78 Å². The number of hydrogen-bond donors (Lipinski definition) is 1. The molecule has 4 heteroatoms. The first-order chi connectivity index (χ1) is 4.91. The van der Waals surface area contributed by atoms with Gasteiger partial charge in [0, 0.05) is 12.5 Å². The predicted molar refractivity (Wildman–Crippen MR) is 47.1 cm³/mol. The summed E-state index contributed by atoms with van der Waals surface area (Å²) >= 11 is 4.96. The summed E-state index contributed by atoms with van der Waals surface area (Å²) in [6.45, 7) is 6.29. The Labute approximate surface area is 71.4 Å². The molecule has 1 aromatic heterocycles. The van der Waals surface area contributed by atoms with Gasteiger partial charge < -0.3 is 0 Å². The number of aryl methyl sites for hydroxylation is 1. The minimum atomic E-state index is 0.0504. The average molecular weight is 171 g/mol. The van der Waals surface area contributed by atoms with Crippen molar-refractivity contribution in [3.8, 4) is 0 Å². The van der Waals surface area contributed by atoms with Gasteiger partial charge in [0.25, 0.3) is 0 Å². The second-order valence-corrected chi connectivity index (χ2v) is 4.03. The SMILES string of the molecule is Cn1[nH]c(C(C)(C)C)nc1=S. The van der Waals surface area contributed by atoms with Gasteiger partial charge >= 0.3 is 0 Å². The molecule has 0 radical (unpaired) electrons. The quantitative estimate of drug-likeness (QED) is 0.604. The van der Waals surface area contributed by atoms with E-state index >= 15 is 0 Å². The van der Waals surface area contributed by atoms with Crippen molar-refractivity contribution in [1.29, 1.82) is 0 Å². The first kappa shape index (κ1) is 8.46. The Morgan fingerprint density at radius 2 is 2.00 bits per heavy atom. The zero-order chi connectivity index (χ0) is 8.65. The van der Waals surface area contributed by atoms with Crippen molar-refractivity contribution in [1.82, 2.24) is 14.8 Å². The van der Waals surface area contributed by atoms with Crippen LogP contribution >= 0.6 is 12.2 Å². The predicted octanol–water partition coefficient (Wildman–Crippen LogP) is 1.78. The first-order valence-electron chi connectivity index (χ1n) is 3.55. The molecule has 0 unspecified atom stereocenters. The van der Waals surface area contributed by atoms with E-state index in [0.29, 0.717) is 4.77 Å². The molecule has 0 aromatic carbocycles. The van der Waals surface area contributed by atoms with E-state index in [1.54, 1.807) is 4.68 Å². The Hall–Kier alpha value is -0.640. The van der Waals surface area contributed by atoms with Crippen LogP contribution in [0, 0.1) is 4.77 Å². The third-order valence-corrected chi connectivity index (χ3v) is 1.84. The van der Waals surface area contributed by atoms with Gasteiger partial charge in [-0.25, -0.2) is 4.98 Å². The molecule has 0 spiro atoms. The normalized spacial score (nSPS) is 12.0. The Morgan fingerprint density at radius 1 is 1.45 bits per heavy atom. The van der Waals surface area contributed by atoms with Crippen molar-refractivity contribution in [3.63, 3.8) is 0 Å². The lowest BCUT2D eigenvalue weighted by molar-refractivity contribution is 0.538. The third-order valence-electron chi connectivity index (χ3n) is 1.48. The average Bonchev–Trinajstić information content (AvgIpc) is 2.11. The molecule has 0 aliphatic heterocycles. The molecule has 0 atom stereocenters. The van der Waals surface area contributed by atoms with Crippen LogP contribution in [0.3, 0.4) is 0 Å². The highest BCUT2D eigenvalue weighted by Crippen LogP contribution is 2.16. The van der Waals surface area contributed by atoms with Crippen LogP contribution in [0.5, 0.6) is 0 Å². The van der Waals surface area contributed by atoms with Crippen LogP contribution in [-0.2, 0) is 12.5 Å². The van der Waals surface area contributed by atoms with E-state index < -0.39 is 0 Å². The summed E-state index contributed by atoms with van der Waals surface area (Å²) in [4.78, 5) is 4.20. The zero-order valence-electron chi connectivity index (χ0n) is 7.30. The Morgan fingerprint density at radius 3 is 2.18 bits per heavy atom. The minimum absolute atomic E-state index is 0.0504. The van der Waals surface area contributed by atoms with Crippen molar-refractivity contribution >= 4 is 12.2 Å². The lowest BCUT2D eigenvalue weighted by Crippen LogP contribution is -2.13. The number of rotatable bonds is 0. The molecule has 1 N–H and O–H groups in total. The topological polar surface area (TPSA) is 33.6 Å². The maximum absolute atomic E-state index is 4.96. The summed E-state index contributed by atoms with van der Waals surface area (Å²) in [5.74, 6) is 0.935. The van der Waals surface area contributed by atoms with Crippen LogP contribution in [0.1, 0.15) is 26.6 Å². The zero-order valence-corrected chi connectivity index (χ0v) is 8.12. The molecular formula is C7H13N3S. The van der Waals surface area contributed by atoms with Crippen LogP contribution in [0.25, 0.3) is 0 Å². The third kappa shape index (κ3) is 1.68. The number of aromatic amines is 1. The smallest absolute Gasteiger partial charge is 0.215 e. The molecule has 0 bridgehead atoms. The van der Waals surface area contributed by atoms with Gasteiger partial charge in [-0.2, -0.15) is 0 Å². The van der Waals surface area contributed by atoms with Gasteiger partial charge in [0.2, 0.25) is 4.77 Å². The highest BCUT2D eigenvalue weighted by Gasteiger charge is 2.17. The molecule has 0 aliphatic carbocycles. The maximum Gasteiger partial charge on any atom is 0.215 e. The number of nitrogens with one attached hydrogen (secondary N) is 1. The Bertz CT molecular complexity index is 302. The molecule has 0 saturated carbocycles. The summed E-state index contributed by atoms with van der Waals surface area (Å²) < 4.78 is 2.35. The van der Waals surface area contributed by atoms with Crippen molar-refractivity contribution in [2.45, 2.75) is 26.2 Å².